The van der Waals surface area contributed by atoms with E-state index in [4.69, 9.17) is 4.42 Å². The molecule has 2 heterocycles. The quantitative estimate of drug-likeness (QED) is 0.698. The minimum absolute atomic E-state index is 0.951. The summed E-state index contributed by atoms with van der Waals surface area (Å²) in [6, 6.07) is 10.2. The molecule has 0 saturated heterocycles. The molecule has 0 bridgehead atoms. The van der Waals surface area contributed by atoms with Crippen molar-refractivity contribution >= 4 is 16.9 Å². The van der Waals surface area contributed by atoms with E-state index in [-0.39, 0.29) is 0 Å². The van der Waals surface area contributed by atoms with Gasteiger partial charge in [-0.1, -0.05) is 24.3 Å². The number of rotatable bonds is 1. The van der Waals surface area contributed by atoms with E-state index in [1.807, 2.05) is 18.2 Å². The summed E-state index contributed by atoms with van der Waals surface area (Å²) < 4.78 is 5.78. The summed E-state index contributed by atoms with van der Waals surface area (Å²) in [5, 5.41) is 1.17. The largest absolute Gasteiger partial charge is 0.440 e. The van der Waals surface area contributed by atoms with Crippen LogP contribution in [0, 0.1) is 0 Å². The second-order valence-electron chi connectivity index (χ2n) is 3.84. The highest BCUT2D eigenvalue weighted by atomic mass is 16.4. The molecule has 0 fully saturated rings. The number of fused-ring (bicyclic) bond motifs is 1. The van der Waals surface area contributed by atoms with Gasteiger partial charge in [0.1, 0.15) is 5.58 Å². The first-order valence-corrected chi connectivity index (χ1v) is 5.35. The number of anilines is 1. The summed E-state index contributed by atoms with van der Waals surface area (Å²) in [6.07, 6.45) is 6.68. The first kappa shape index (κ1) is 8.60. The van der Waals surface area contributed by atoms with Gasteiger partial charge in [0, 0.05) is 24.2 Å². The van der Waals surface area contributed by atoms with Crippen molar-refractivity contribution in [3.8, 4) is 0 Å². The van der Waals surface area contributed by atoms with E-state index in [2.05, 4.69) is 29.3 Å². The number of allylic oxidation sites excluding steroid dienone is 1. The number of hydrogen-bond acceptors (Lipinski definition) is 2. The Morgan fingerprint density at radius 2 is 2.13 bits per heavy atom. The maximum absolute atomic E-state index is 5.78. The number of hydrogen-bond donors (Lipinski definition) is 0. The Balaban J connectivity index is 2.03. The van der Waals surface area contributed by atoms with Crippen LogP contribution in [0.4, 0.5) is 5.88 Å². The molecule has 2 aromatic rings. The van der Waals surface area contributed by atoms with Crippen molar-refractivity contribution in [2.45, 2.75) is 12.8 Å². The van der Waals surface area contributed by atoms with E-state index in [1.165, 1.54) is 18.2 Å². The van der Waals surface area contributed by atoms with Gasteiger partial charge in [-0.05, 0) is 18.9 Å². The molecular formula is C13H13NO. The average Bonchev–Trinajstić information content (AvgIpc) is 2.74. The van der Waals surface area contributed by atoms with Crippen molar-refractivity contribution in [3.05, 3.63) is 42.6 Å². The molecule has 0 radical (unpaired) electrons. The molecule has 1 aromatic heterocycles. The Hall–Kier alpha value is -1.70. The standard InChI is InChI=1S/C13H13NO/c1-4-8-14(9-5-1)13-10-11-6-2-3-7-12(11)15-13/h2-4,6-8,10H,1,5,9H2. The number of benzene rings is 1. The fraction of sp³-hybridized carbons (Fsp3) is 0.231. The summed E-state index contributed by atoms with van der Waals surface area (Å²) in [4.78, 5) is 2.17. The third-order valence-corrected chi connectivity index (χ3v) is 2.75. The van der Waals surface area contributed by atoms with Crippen LogP contribution < -0.4 is 4.90 Å². The fourth-order valence-electron chi connectivity index (χ4n) is 1.95. The predicted octanol–water partition coefficient (Wildman–Crippen LogP) is 3.55. The van der Waals surface area contributed by atoms with Crippen molar-refractivity contribution in [1.29, 1.82) is 0 Å². The third-order valence-electron chi connectivity index (χ3n) is 2.75. The van der Waals surface area contributed by atoms with E-state index in [0.717, 1.165) is 18.0 Å². The van der Waals surface area contributed by atoms with Crippen LogP contribution in [0.1, 0.15) is 12.8 Å². The van der Waals surface area contributed by atoms with E-state index >= 15 is 0 Å². The maximum atomic E-state index is 5.78. The number of furan rings is 1. The van der Waals surface area contributed by atoms with E-state index in [9.17, 15) is 0 Å². The first-order chi connectivity index (χ1) is 7.43. The predicted molar refractivity (Wildman–Crippen MR) is 61.9 cm³/mol. The van der Waals surface area contributed by atoms with Gasteiger partial charge in [-0.15, -0.1) is 0 Å². The molecular weight excluding hydrogens is 186 g/mol. The van der Waals surface area contributed by atoms with Gasteiger partial charge in [0.05, 0.1) is 0 Å². The Morgan fingerprint density at radius 3 is 2.93 bits per heavy atom. The summed E-state index contributed by atoms with van der Waals surface area (Å²) in [5.74, 6) is 0.951. The minimum Gasteiger partial charge on any atom is -0.440 e. The molecule has 1 aromatic carbocycles. The lowest BCUT2D eigenvalue weighted by Crippen LogP contribution is -2.19. The van der Waals surface area contributed by atoms with Gasteiger partial charge in [-0.25, -0.2) is 0 Å². The number of para-hydroxylation sites is 1. The molecule has 76 valence electrons. The van der Waals surface area contributed by atoms with E-state index in [0.29, 0.717) is 0 Å². The Kier molecular flexibility index (Phi) is 1.98. The van der Waals surface area contributed by atoms with Crippen LogP contribution in [0.5, 0.6) is 0 Å². The van der Waals surface area contributed by atoms with Crippen molar-refractivity contribution in [3.63, 3.8) is 0 Å². The lowest BCUT2D eigenvalue weighted by Gasteiger charge is -2.19. The topological polar surface area (TPSA) is 16.4 Å². The van der Waals surface area contributed by atoms with Crippen LogP contribution in [0.25, 0.3) is 11.0 Å². The third kappa shape index (κ3) is 1.52. The highest BCUT2D eigenvalue weighted by Crippen LogP contribution is 2.27. The van der Waals surface area contributed by atoms with Gasteiger partial charge in [0.15, 0.2) is 0 Å². The van der Waals surface area contributed by atoms with Crippen LogP contribution >= 0.6 is 0 Å². The zero-order chi connectivity index (χ0) is 10.1. The van der Waals surface area contributed by atoms with Gasteiger partial charge in [0.25, 0.3) is 0 Å². The van der Waals surface area contributed by atoms with Crippen LogP contribution in [-0.2, 0) is 0 Å². The molecule has 0 N–H and O–H groups in total. The molecule has 0 saturated carbocycles. The molecule has 0 spiro atoms. The molecule has 1 aliphatic rings. The van der Waals surface area contributed by atoms with Gasteiger partial charge < -0.3 is 9.32 Å². The van der Waals surface area contributed by atoms with Crippen LogP contribution in [0.15, 0.2) is 47.0 Å². The zero-order valence-electron chi connectivity index (χ0n) is 8.52. The van der Waals surface area contributed by atoms with Crippen molar-refractivity contribution in [2.24, 2.45) is 0 Å². The highest BCUT2D eigenvalue weighted by Gasteiger charge is 2.10. The highest BCUT2D eigenvalue weighted by molar-refractivity contribution is 5.81. The Bertz CT molecular complexity index is 465. The molecule has 0 aliphatic carbocycles. The first-order valence-electron chi connectivity index (χ1n) is 5.35. The monoisotopic (exact) mass is 199 g/mol. The van der Waals surface area contributed by atoms with Gasteiger partial charge >= 0.3 is 0 Å². The molecule has 1 aliphatic heterocycles. The van der Waals surface area contributed by atoms with Crippen LogP contribution in [-0.4, -0.2) is 6.54 Å². The van der Waals surface area contributed by atoms with Crippen molar-refractivity contribution in [1.82, 2.24) is 0 Å². The lowest BCUT2D eigenvalue weighted by molar-refractivity contribution is 0.594. The van der Waals surface area contributed by atoms with Gasteiger partial charge in [-0.2, -0.15) is 0 Å². The van der Waals surface area contributed by atoms with Gasteiger partial charge in [0.2, 0.25) is 5.88 Å². The van der Waals surface area contributed by atoms with Crippen LogP contribution in [0.3, 0.4) is 0 Å². The summed E-state index contributed by atoms with van der Waals surface area (Å²) in [5.41, 5.74) is 0.964. The SMILES string of the molecule is C1=CN(c2cc3ccccc3o2)CCC1. The molecule has 0 unspecified atom stereocenters. The van der Waals surface area contributed by atoms with Gasteiger partial charge in [-0.3, -0.25) is 0 Å². The lowest BCUT2D eigenvalue weighted by atomic mass is 10.2. The van der Waals surface area contributed by atoms with Crippen LogP contribution in [0.2, 0.25) is 0 Å². The normalized spacial score (nSPS) is 16.1. The molecule has 0 amide bonds. The van der Waals surface area contributed by atoms with E-state index in [1.54, 1.807) is 0 Å². The fourth-order valence-corrected chi connectivity index (χ4v) is 1.95. The summed E-state index contributed by atoms with van der Waals surface area (Å²) in [6.45, 7) is 1.05. The molecule has 15 heavy (non-hydrogen) atoms. The molecule has 2 nitrogen and oxygen atoms in total. The van der Waals surface area contributed by atoms with Crippen molar-refractivity contribution < 1.29 is 4.42 Å². The average molecular weight is 199 g/mol. The van der Waals surface area contributed by atoms with Crippen molar-refractivity contribution in [2.75, 3.05) is 11.4 Å². The second kappa shape index (κ2) is 3.46. The molecule has 3 rings (SSSR count). The zero-order valence-corrected chi connectivity index (χ0v) is 8.52. The Morgan fingerprint density at radius 1 is 1.20 bits per heavy atom. The Labute approximate surface area is 88.8 Å². The number of nitrogens with zero attached hydrogens (tertiary/aromatic N) is 1. The summed E-state index contributed by atoms with van der Waals surface area (Å²) >= 11 is 0. The maximum Gasteiger partial charge on any atom is 0.200 e. The van der Waals surface area contributed by atoms with E-state index < -0.39 is 0 Å². The summed E-state index contributed by atoms with van der Waals surface area (Å²) in [7, 11) is 0. The molecule has 2 heteroatoms. The smallest absolute Gasteiger partial charge is 0.200 e. The molecule has 0 atom stereocenters. The minimum atomic E-state index is 0.951. The second-order valence-corrected chi connectivity index (χ2v) is 3.84.